The fourth-order valence-electron chi connectivity index (χ4n) is 1.70. The first-order valence-corrected chi connectivity index (χ1v) is 5.77. The first-order chi connectivity index (χ1) is 9.02. The molecule has 0 aliphatic heterocycles. The van der Waals surface area contributed by atoms with E-state index in [1.54, 1.807) is 0 Å². The minimum atomic E-state index is -0.480. The molecule has 5 nitrogen and oxygen atoms in total. The van der Waals surface area contributed by atoms with Crippen molar-refractivity contribution in [2.75, 3.05) is 12.8 Å². The van der Waals surface area contributed by atoms with Gasteiger partial charge in [-0.3, -0.25) is 0 Å². The number of benzene rings is 1. The molecule has 19 heavy (non-hydrogen) atoms. The maximum Gasteiger partial charge on any atom is 0.230 e. The van der Waals surface area contributed by atoms with E-state index in [1.165, 1.54) is 25.4 Å². The first-order valence-electron chi connectivity index (χ1n) is 5.77. The molecule has 2 rings (SSSR count). The lowest BCUT2D eigenvalue weighted by Crippen LogP contribution is -2.07. The number of hydrogen-bond donors (Lipinski definition) is 1. The van der Waals surface area contributed by atoms with Crippen molar-refractivity contribution in [3.8, 4) is 22.6 Å². The lowest BCUT2D eigenvalue weighted by Gasteiger charge is -2.15. The van der Waals surface area contributed by atoms with Crippen molar-refractivity contribution >= 4 is 5.88 Å². The van der Waals surface area contributed by atoms with E-state index >= 15 is 0 Å². The van der Waals surface area contributed by atoms with Crippen LogP contribution in [0.4, 0.5) is 10.3 Å². The second kappa shape index (κ2) is 5.17. The molecule has 0 amide bonds. The number of halogens is 1. The second-order valence-corrected chi connectivity index (χ2v) is 4.25. The standard InChI is InChI=1S/C13H15FN2O3/c1-7(2)18-12-5-10(14)8(4-11(12)17-3)9-6-16-19-13(9)15/h4-7H,15H2,1-3H3. The highest BCUT2D eigenvalue weighted by Gasteiger charge is 2.17. The highest BCUT2D eigenvalue weighted by atomic mass is 19.1. The van der Waals surface area contributed by atoms with Gasteiger partial charge in [0.05, 0.1) is 25.0 Å². The Morgan fingerprint density at radius 3 is 2.53 bits per heavy atom. The largest absolute Gasteiger partial charge is 0.493 e. The number of nitrogen functional groups attached to an aromatic ring is 1. The van der Waals surface area contributed by atoms with Crippen LogP contribution < -0.4 is 15.2 Å². The second-order valence-electron chi connectivity index (χ2n) is 4.25. The normalized spacial score (nSPS) is 10.8. The molecule has 1 aromatic heterocycles. The molecule has 0 saturated carbocycles. The Kier molecular flexibility index (Phi) is 3.59. The van der Waals surface area contributed by atoms with Crippen LogP contribution in [0.25, 0.3) is 11.1 Å². The van der Waals surface area contributed by atoms with Crippen LogP contribution in [0.5, 0.6) is 11.5 Å². The number of anilines is 1. The van der Waals surface area contributed by atoms with Crippen LogP contribution in [0.3, 0.4) is 0 Å². The van der Waals surface area contributed by atoms with Crippen molar-refractivity contribution in [3.05, 3.63) is 24.1 Å². The van der Waals surface area contributed by atoms with E-state index in [-0.39, 0.29) is 17.6 Å². The average molecular weight is 266 g/mol. The third-order valence-electron chi connectivity index (χ3n) is 2.50. The van der Waals surface area contributed by atoms with Gasteiger partial charge in [0.1, 0.15) is 5.82 Å². The van der Waals surface area contributed by atoms with Crippen molar-refractivity contribution < 1.29 is 18.4 Å². The van der Waals surface area contributed by atoms with Gasteiger partial charge in [-0.1, -0.05) is 5.16 Å². The molecule has 0 atom stereocenters. The number of hydrogen-bond acceptors (Lipinski definition) is 5. The number of methoxy groups -OCH3 is 1. The summed E-state index contributed by atoms with van der Waals surface area (Å²) in [5, 5.41) is 3.53. The molecule has 0 radical (unpaired) electrons. The Hall–Kier alpha value is -2.24. The average Bonchev–Trinajstić information content (AvgIpc) is 2.75. The SMILES string of the molecule is COc1cc(-c2cnoc2N)c(F)cc1OC(C)C. The molecular formula is C13H15FN2O3. The van der Waals surface area contributed by atoms with Gasteiger partial charge in [-0.15, -0.1) is 0 Å². The summed E-state index contributed by atoms with van der Waals surface area (Å²) in [7, 11) is 1.49. The molecule has 1 heterocycles. The number of nitrogens with two attached hydrogens (primary N) is 1. The van der Waals surface area contributed by atoms with Gasteiger partial charge in [0, 0.05) is 11.6 Å². The van der Waals surface area contributed by atoms with Crippen LogP contribution in [0.1, 0.15) is 13.8 Å². The maximum atomic E-state index is 14.1. The topological polar surface area (TPSA) is 70.5 Å². The van der Waals surface area contributed by atoms with E-state index in [1.807, 2.05) is 13.8 Å². The van der Waals surface area contributed by atoms with Gasteiger partial charge in [-0.05, 0) is 19.9 Å². The molecule has 102 valence electrons. The third kappa shape index (κ3) is 2.62. The van der Waals surface area contributed by atoms with Crippen LogP contribution in [0, 0.1) is 5.82 Å². The molecule has 0 fully saturated rings. The van der Waals surface area contributed by atoms with Crippen LogP contribution in [-0.4, -0.2) is 18.4 Å². The molecule has 0 saturated heterocycles. The van der Waals surface area contributed by atoms with Crippen molar-refractivity contribution in [2.24, 2.45) is 0 Å². The lowest BCUT2D eigenvalue weighted by atomic mass is 10.1. The maximum absolute atomic E-state index is 14.1. The number of aromatic nitrogens is 1. The highest BCUT2D eigenvalue weighted by molar-refractivity contribution is 5.74. The Labute approximate surface area is 110 Å². The first kappa shape index (κ1) is 13.2. The van der Waals surface area contributed by atoms with E-state index in [4.69, 9.17) is 19.7 Å². The van der Waals surface area contributed by atoms with Crippen molar-refractivity contribution in [3.63, 3.8) is 0 Å². The summed E-state index contributed by atoms with van der Waals surface area (Å²) in [6.45, 7) is 3.70. The molecule has 0 bridgehead atoms. The van der Waals surface area contributed by atoms with Gasteiger partial charge in [0.25, 0.3) is 0 Å². The van der Waals surface area contributed by atoms with E-state index in [0.29, 0.717) is 17.1 Å². The van der Waals surface area contributed by atoms with Gasteiger partial charge >= 0.3 is 0 Å². The molecule has 2 N–H and O–H groups in total. The fraction of sp³-hybridized carbons (Fsp3) is 0.308. The minimum Gasteiger partial charge on any atom is -0.493 e. The molecule has 0 aliphatic rings. The molecule has 0 unspecified atom stereocenters. The van der Waals surface area contributed by atoms with Gasteiger partial charge in [0.2, 0.25) is 5.88 Å². The highest BCUT2D eigenvalue weighted by Crippen LogP contribution is 2.37. The summed E-state index contributed by atoms with van der Waals surface area (Å²) in [6, 6.07) is 2.77. The summed E-state index contributed by atoms with van der Waals surface area (Å²) in [6.07, 6.45) is 1.27. The number of nitrogens with zero attached hydrogens (tertiary/aromatic N) is 1. The molecular weight excluding hydrogens is 251 g/mol. The van der Waals surface area contributed by atoms with Crippen molar-refractivity contribution in [1.82, 2.24) is 5.16 Å². The quantitative estimate of drug-likeness (QED) is 0.921. The predicted octanol–water partition coefficient (Wildman–Crippen LogP) is 2.86. The van der Waals surface area contributed by atoms with Crippen LogP contribution in [0.2, 0.25) is 0 Å². The van der Waals surface area contributed by atoms with Gasteiger partial charge < -0.3 is 19.7 Å². The Balaban J connectivity index is 2.50. The molecule has 1 aromatic carbocycles. The van der Waals surface area contributed by atoms with Crippen LogP contribution in [-0.2, 0) is 0 Å². The Bertz CT molecular complexity index is 581. The van der Waals surface area contributed by atoms with Gasteiger partial charge in [0.15, 0.2) is 11.5 Å². The number of rotatable bonds is 4. The van der Waals surface area contributed by atoms with E-state index in [9.17, 15) is 4.39 Å². The smallest absolute Gasteiger partial charge is 0.230 e. The summed E-state index contributed by atoms with van der Waals surface area (Å²) in [5.74, 6) is 0.337. The van der Waals surface area contributed by atoms with E-state index in [0.717, 1.165) is 0 Å². The molecule has 0 aliphatic carbocycles. The molecule has 0 spiro atoms. The van der Waals surface area contributed by atoms with Gasteiger partial charge in [-0.2, -0.15) is 0 Å². The zero-order valence-electron chi connectivity index (χ0n) is 10.9. The lowest BCUT2D eigenvalue weighted by molar-refractivity contribution is 0.229. The zero-order valence-corrected chi connectivity index (χ0v) is 10.9. The molecule has 6 heteroatoms. The zero-order chi connectivity index (χ0) is 14.0. The van der Waals surface area contributed by atoms with Gasteiger partial charge in [-0.25, -0.2) is 4.39 Å². The van der Waals surface area contributed by atoms with Crippen molar-refractivity contribution in [1.29, 1.82) is 0 Å². The van der Waals surface area contributed by atoms with E-state index < -0.39 is 5.82 Å². The van der Waals surface area contributed by atoms with Crippen LogP contribution >= 0.6 is 0 Å². The summed E-state index contributed by atoms with van der Waals surface area (Å²) in [4.78, 5) is 0. The summed E-state index contributed by atoms with van der Waals surface area (Å²) >= 11 is 0. The minimum absolute atomic E-state index is 0.0541. The summed E-state index contributed by atoms with van der Waals surface area (Å²) < 4.78 is 29.5. The third-order valence-corrected chi connectivity index (χ3v) is 2.50. The summed E-state index contributed by atoms with van der Waals surface area (Å²) in [5.41, 5.74) is 6.22. The number of ether oxygens (including phenoxy) is 2. The predicted molar refractivity (Wildman–Crippen MR) is 68.6 cm³/mol. The molecule has 2 aromatic rings. The van der Waals surface area contributed by atoms with Crippen molar-refractivity contribution in [2.45, 2.75) is 20.0 Å². The van der Waals surface area contributed by atoms with Crippen LogP contribution in [0.15, 0.2) is 22.9 Å². The Morgan fingerprint density at radius 1 is 1.26 bits per heavy atom. The monoisotopic (exact) mass is 266 g/mol. The fourth-order valence-corrected chi connectivity index (χ4v) is 1.70. The van der Waals surface area contributed by atoms with E-state index in [2.05, 4.69) is 5.16 Å². The Morgan fingerprint density at radius 2 is 2.00 bits per heavy atom.